The van der Waals surface area contributed by atoms with Crippen molar-refractivity contribution in [2.45, 2.75) is 12.5 Å². The fourth-order valence-electron chi connectivity index (χ4n) is 2.62. The first-order chi connectivity index (χ1) is 11.5. The van der Waals surface area contributed by atoms with E-state index in [9.17, 15) is 14.7 Å². The molecule has 8 nitrogen and oxygen atoms in total. The molecule has 1 amide bonds. The molecule has 0 saturated carbocycles. The Labute approximate surface area is 139 Å². The first-order valence-corrected chi connectivity index (χ1v) is 7.40. The van der Waals surface area contributed by atoms with Crippen LogP contribution in [0.25, 0.3) is 0 Å². The summed E-state index contributed by atoms with van der Waals surface area (Å²) < 4.78 is 20.9. The average molecular weight is 339 g/mol. The lowest BCUT2D eigenvalue weighted by Crippen LogP contribution is -2.53. The van der Waals surface area contributed by atoms with Crippen molar-refractivity contribution in [3.8, 4) is 17.2 Å². The lowest BCUT2D eigenvalue weighted by molar-refractivity contribution is -0.158. The van der Waals surface area contributed by atoms with Crippen molar-refractivity contribution in [2.24, 2.45) is 0 Å². The summed E-state index contributed by atoms with van der Waals surface area (Å²) in [5, 5.41) is 9.23. The Morgan fingerprint density at radius 2 is 1.83 bits per heavy atom. The van der Waals surface area contributed by atoms with Crippen LogP contribution in [0.3, 0.4) is 0 Å². The molecular formula is C16H21NO7. The van der Waals surface area contributed by atoms with Gasteiger partial charge in [0.05, 0.1) is 41.0 Å². The Morgan fingerprint density at radius 3 is 2.33 bits per heavy atom. The summed E-state index contributed by atoms with van der Waals surface area (Å²) in [5.41, 5.74) is 0.644. The van der Waals surface area contributed by atoms with Crippen LogP contribution in [-0.2, 0) is 20.7 Å². The van der Waals surface area contributed by atoms with Crippen LogP contribution in [0.1, 0.15) is 5.56 Å². The zero-order valence-corrected chi connectivity index (χ0v) is 13.9. The monoisotopic (exact) mass is 339 g/mol. The molecular weight excluding hydrogens is 318 g/mol. The molecule has 24 heavy (non-hydrogen) atoms. The van der Waals surface area contributed by atoms with Gasteiger partial charge in [-0.2, -0.15) is 0 Å². The van der Waals surface area contributed by atoms with Crippen LogP contribution in [0.4, 0.5) is 0 Å². The van der Waals surface area contributed by atoms with Crippen LogP contribution in [0.2, 0.25) is 0 Å². The number of morpholine rings is 1. The Kier molecular flexibility index (Phi) is 5.86. The fraction of sp³-hybridized carbons (Fsp3) is 0.500. The smallest absolute Gasteiger partial charge is 0.328 e. The Morgan fingerprint density at radius 1 is 1.21 bits per heavy atom. The number of hydrogen-bond donors (Lipinski definition) is 1. The van der Waals surface area contributed by atoms with Crippen molar-refractivity contribution in [2.75, 3.05) is 41.1 Å². The number of ether oxygens (including phenoxy) is 4. The molecule has 1 aromatic rings. The van der Waals surface area contributed by atoms with E-state index in [0.29, 0.717) is 29.4 Å². The summed E-state index contributed by atoms with van der Waals surface area (Å²) >= 11 is 0. The van der Waals surface area contributed by atoms with E-state index >= 15 is 0 Å². The summed E-state index contributed by atoms with van der Waals surface area (Å²) in [6, 6.07) is 2.39. The predicted octanol–water partition coefficient (Wildman–Crippen LogP) is 0.567. The summed E-state index contributed by atoms with van der Waals surface area (Å²) in [6.07, 6.45) is 0.0283. The molecule has 1 aromatic carbocycles. The number of carboxylic acids is 1. The third kappa shape index (κ3) is 3.70. The molecule has 1 aliphatic heterocycles. The maximum atomic E-state index is 12.5. The van der Waals surface area contributed by atoms with Gasteiger partial charge in [-0.15, -0.1) is 0 Å². The van der Waals surface area contributed by atoms with Crippen LogP contribution in [0.15, 0.2) is 12.1 Å². The van der Waals surface area contributed by atoms with E-state index in [4.69, 9.17) is 18.9 Å². The van der Waals surface area contributed by atoms with Crippen molar-refractivity contribution in [3.05, 3.63) is 17.7 Å². The zero-order chi connectivity index (χ0) is 17.7. The van der Waals surface area contributed by atoms with Gasteiger partial charge in [-0.05, 0) is 17.7 Å². The Hall–Kier alpha value is -2.48. The van der Waals surface area contributed by atoms with Crippen molar-refractivity contribution in [3.63, 3.8) is 0 Å². The lowest BCUT2D eigenvalue weighted by Gasteiger charge is -2.33. The Bertz CT molecular complexity index is 591. The topological polar surface area (TPSA) is 94.5 Å². The van der Waals surface area contributed by atoms with Gasteiger partial charge in [0.25, 0.3) is 0 Å². The van der Waals surface area contributed by atoms with Crippen molar-refractivity contribution in [1.82, 2.24) is 4.90 Å². The minimum atomic E-state index is -1.08. The van der Waals surface area contributed by atoms with E-state index in [1.54, 1.807) is 12.1 Å². The highest BCUT2D eigenvalue weighted by Gasteiger charge is 2.32. The minimum absolute atomic E-state index is 0.00364. The van der Waals surface area contributed by atoms with Crippen LogP contribution in [-0.4, -0.2) is 69.0 Å². The van der Waals surface area contributed by atoms with Crippen molar-refractivity contribution in [1.29, 1.82) is 0 Å². The van der Waals surface area contributed by atoms with Crippen molar-refractivity contribution < 1.29 is 33.6 Å². The third-order valence-corrected chi connectivity index (χ3v) is 3.81. The number of carbonyl (C=O) groups is 2. The molecule has 1 fully saturated rings. The highest BCUT2D eigenvalue weighted by Crippen LogP contribution is 2.38. The number of benzene rings is 1. The molecule has 8 heteroatoms. The van der Waals surface area contributed by atoms with E-state index in [1.807, 2.05) is 0 Å². The molecule has 132 valence electrons. The normalized spacial score (nSPS) is 17.3. The number of hydrogen-bond acceptors (Lipinski definition) is 6. The van der Waals surface area contributed by atoms with Gasteiger partial charge in [-0.1, -0.05) is 0 Å². The van der Waals surface area contributed by atoms with Gasteiger partial charge in [-0.25, -0.2) is 4.79 Å². The average Bonchev–Trinajstić information content (AvgIpc) is 2.60. The summed E-state index contributed by atoms with van der Waals surface area (Å²) in [4.78, 5) is 25.1. The van der Waals surface area contributed by atoms with Gasteiger partial charge in [0.15, 0.2) is 17.5 Å². The molecule has 1 saturated heterocycles. The number of aliphatic carboxylic acids is 1. The summed E-state index contributed by atoms with van der Waals surface area (Å²) in [7, 11) is 4.48. The van der Waals surface area contributed by atoms with Crippen LogP contribution >= 0.6 is 0 Å². The molecule has 2 rings (SSSR count). The predicted molar refractivity (Wildman–Crippen MR) is 83.8 cm³/mol. The molecule has 1 atom stereocenters. The second kappa shape index (κ2) is 7.87. The van der Waals surface area contributed by atoms with Crippen molar-refractivity contribution >= 4 is 11.9 Å². The second-order valence-corrected chi connectivity index (χ2v) is 5.23. The molecule has 0 spiro atoms. The minimum Gasteiger partial charge on any atom is -0.493 e. The van der Waals surface area contributed by atoms with Crippen LogP contribution in [0.5, 0.6) is 17.2 Å². The van der Waals surface area contributed by atoms with Gasteiger partial charge < -0.3 is 29.0 Å². The molecule has 0 aliphatic carbocycles. The maximum Gasteiger partial charge on any atom is 0.328 e. The lowest BCUT2D eigenvalue weighted by atomic mass is 10.1. The molecule has 0 bridgehead atoms. The molecule has 0 aromatic heterocycles. The number of methoxy groups -OCH3 is 3. The standard InChI is InChI=1S/C16H21NO7/c1-21-12-6-10(7-13(22-2)15(12)23-3)8-14(18)17-4-5-24-9-11(17)16(19)20/h6-7,11H,4-5,8-9H2,1-3H3,(H,19,20). The first kappa shape index (κ1) is 17.9. The quantitative estimate of drug-likeness (QED) is 0.809. The molecule has 0 radical (unpaired) electrons. The first-order valence-electron chi connectivity index (χ1n) is 7.40. The number of amides is 1. The van der Waals surface area contributed by atoms with Crippen LogP contribution in [0, 0.1) is 0 Å². The van der Waals surface area contributed by atoms with E-state index in [1.165, 1.54) is 26.2 Å². The van der Waals surface area contributed by atoms with Gasteiger partial charge >= 0.3 is 5.97 Å². The maximum absolute atomic E-state index is 12.5. The highest BCUT2D eigenvalue weighted by molar-refractivity contribution is 5.85. The molecule has 1 heterocycles. The second-order valence-electron chi connectivity index (χ2n) is 5.23. The summed E-state index contributed by atoms with van der Waals surface area (Å²) in [6.45, 7) is 0.571. The van der Waals surface area contributed by atoms with Gasteiger partial charge in [0, 0.05) is 6.54 Å². The Balaban J connectivity index is 2.23. The zero-order valence-electron chi connectivity index (χ0n) is 13.9. The fourth-order valence-corrected chi connectivity index (χ4v) is 2.62. The largest absolute Gasteiger partial charge is 0.493 e. The van der Waals surface area contributed by atoms with E-state index in [2.05, 4.69) is 0 Å². The molecule has 1 unspecified atom stereocenters. The number of rotatable bonds is 6. The number of nitrogens with zero attached hydrogens (tertiary/aromatic N) is 1. The van der Waals surface area contributed by atoms with Gasteiger partial charge in [-0.3, -0.25) is 4.79 Å². The van der Waals surface area contributed by atoms with Gasteiger partial charge in [0.2, 0.25) is 11.7 Å². The number of carboxylic acid groups (broad SMARTS) is 1. The number of carbonyl (C=O) groups excluding carboxylic acids is 1. The van der Waals surface area contributed by atoms with E-state index in [0.717, 1.165) is 0 Å². The third-order valence-electron chi connectivity index (χ3n) is 3.81. The summed E-state index contributed by atoms with van der Waals surface area (Å²) in [5.74, 6) is -0.0493. The molecule has 1 N–H and O–H groups in total. The van der Waals surface area contributed by atoms with Gasteiger partial charge in [0.1, 0.15) is 0 Å². The highest BCUT2D eigenvalue weighted by atomic mass is 16.5. The van der Waals surface area contributed by atoms with Crippen LogP contribution < -0.4 is 14.2 Å². The van der Waals surface area contributed by atoms with E-state index < -0.39 is 12.0 Å². The van der Waals surface area contributed by atoms with E-state index in [-0.39, 0.29) is 25.5 Å². The SMILES string of the molecule is COc1cc(CC(=O)N2CCOCC2C(=O)O)cc(OC)c1OC. The molecule has 1 aliphatic rings.